The molecule has 0 spiro atoms. The Labute approximate surface area is 81.8 Å². The number of nitrogens with zero attached hydrogens (tertiary/aromatic N) is 1. The molecule has 2 nitrogen and oxygen atoms in total. The summed E-state index contributed by atoms with van der Waals surface area (Å²) in [6.45, 7) is 8.00. The highest BCUT2D eigenvalue weighted by Crippen LogP contribution is 2.16. The second kappa shape index (κ2) is 7.84. The number of hydrogen-bond donors (Lipinski definition) is 1. The summed E-state index contributed by atoms with van der Waals surface area (Å²) >= 11 is 0. The molecule has 0 atom stereocenters. The summed E-state index contributed by atoms with van der Waals surface area (Å²) in [5.74, 6) is 0. The van der Waals surface area contributed by atoms with Gasteiger partial charge in [0.1, 0.15) is 0 Å². The summed E-state index contributed by atoms with van der Waals surface area (Å²) < 4.78 is 0. The second-order valence-corrected chi connectivity index (χ2v) is 2.53. The lowest BCUT2D eigenvalue weighted by Crippen LogP contribution is -2.00. The molecule has 0 bridgehead atoms. The molecule has 0 amide bonds. The number of hydrogen-bond acceptors (Lipinski definition) is 1. The van der Waals surface area contributed by atoms with Gasteiger partial charge in [-0.1, -0.05) is 27.7 Å². The van der Waals surface area contributed by atoms with E-state index in [1.54, 1.807) is 6.33 Å². The van der Waals surface area contributed by atoms with Crippen LogP contribution in [0.4, 0.5) is 0 Å². The number of imidazole rings is 1. The molecule has 2 heteroatoms. The van der Waals surface area contributed by atoms with Crippen LogP contribution in [-0.4, -0.2) is 9.97 Å². The van der Waals surface area contributed by atoms with E-state index in [2.05, 4.69) is 9.97 Å². The van der Waals surface area contributed by atoms with E-state index in [0.29, 0.717) is 0 Å². The van der Waals surface area contributed by atoms with E-state index >= 15 is 0 Å². The Hall–Kier alpha value is -0.790. The van der Waals surface area contributed by atoms with E-state index in [4.69, 9.17) is 0 Å². The zero-order valence-electron chi connectivity index (χ0n) is 9.35. The van der Waals surface area contributed by atoms with Crippen molar-refractivity contribution in [2.45, 2.75) is 53.4 Å². The van der Waals surface area contributed by atoms with Crippen LogP contribution in [0.3, 0.4) is 0 Å². The van der Waals surface area contributed by atoms with Gasteiger partial charge < -0.3 is 4.98 Å². The maximum absolute atomic E-state index is 4.20. The molecule has 0 radical (unpaired) electrons. The lowest BCUT2D eigenvalue weighted by molar-refractivity contribution is 0.667. The number of rotatable bonds is 0. The van der Waals surface area contributed by atoms with Crippen molar-refractivity contribution in [2.75, 3.05) is 0 Å². The zero-order valence-corrected chi connectivity index (χ0v) is 9.35. The molecular weight excluding hydrogens is 160 g/mol. The van der Waals surface area contributed by atoms with Crippen LogP contribution in [0, 0.1) is 0 Å². The van der Waals surface area contributed by atoms with Gasteiger partial charge in [-0.3, -0.25) is 0 Å². The van der Waals surface area contributed by atoms with Crippen LogP contribution in [-0.2, 0) is 12.8 Å². The van der Waals surface area contributed by atoms with Crippen LogP contribution < -0.4 is 0 Å². The largest absolute Gasteiger partial charge is 0.348 e. The summed E-state index contributed by atoms with van der Waals surface area (Å²) in [5.41, 5.74) is 2.66. The smallest absolute Gasteiger partial charge is 0.0925 e. The molecule has 0 unspecified atom stereocenters. The van der Waals surface area contributed by atoms with Crippen molar-refractivity contribution in [2.24, 2.45) is 0 Å². The van der Waals surface area contributed by atoms with Gasteiger partial charge in [-0.2, -0.15) is 0 Å². The van der Waals surface area contributed by atoms with Gasteiger partial charge in [0.2, 0.25) is 0 Å². The fraction of sp³-hybridized carbons (Fsp3) is 0.727. The van der Waals surface area contributed by atoms with Crippen molar-refractivity contribution in [3.05, 3.63) is 17.7 Å². The van der Waals surface area contributed by atoms with E-state index in [-0.39, 0.29) is 0 Å². The van der Waals surface area contributed by atoms with Crippen LogP contribution >= 0.6 is 0 Å². The van der Waals surface area contributed by atoms with E-state index in [9.17, 15) is 0 Å². The second-order valence-electron chi connectivity index (χ2n) is 2.53. The topological polar surface area (TPSA) is 28.7 Å². The van der Waals surface area contributed by atoms with Crippen molar-refractivity contribution in [3.63, 3.8) is 0 Å². The Morgan fingerprint density at radius 1 is 1.08 bits per heavy atom. The van der Waals surface area contributed by atoms with Gasteiger partial charge in [0.05, 0.1) is 12.0 Å². The molecule has 0 saturated carbocycles. The molecule has 76 valence electrons. The van der Waals surface area contributed by atoms with Gasteiger partial charge >= 0.3 is 0 Å². The maximum Gasteiger partial charge on any atom is 0.0925 e. The van der Waals surface area contributed by atoms with Crippen molar-refractivity contribution >= 4 is 0 Å². The third-order valence-electron chi connectivity index (χ3n) is 1.90. The average Bonchev–Trinajstić information content (AvgIpc) is 2.71. The molecule has 0 fully saturated rings. The summed E-state index contributed by atoms with van der Waals surface area (Å²) in [6, 6.07) is 0. The number of H-pyrrole nitrogens is 1. The highest BCUT2D eigenvalue weighted by molar-refractivity contribution is 5.13. The Bertz CT molecular complexity index is 183. The van der Waals surface area contributed by atoms with Gasteiger partial charge in [0, 0.05) is 5.69 Å². The molecule has 0 aliphatic heterocycles. The molecule has 1 heterocycles. The number of fused-ring (bicyclic) bond motifs is 1. The van der Waals surface area contributed by atoms with Gasteiger partial charge in [-0.25, -0.2) is 4.98 Å². The fourth-order valence-electron chi connectivity index (χ4n) is 1.38. The van der Waals surface area contributed by atoms with Gasteiger partial charge in [-0.15, -0.1) is 0 Å². The summed E-state index contributed by atoms with van der Waals surface area (Å²) in [4.78, 5) is 7.35. The van der Waals surface area contributed by atoms with Crippen molar-refractivity contribution in [1.29, 1.82) is 0 Å². The predicted molar refractivity (Wildman–Crippen MR) is 57.9 cm³/mol. The minimum atomic E-state index is 1.18. The average molecular weight is 182 g/mol. The fourth-order valence-corrected chi connectivity index (χ4v) is 1.38. The van der Waals surface area contributed by atoms with E-state index in [1.807, 2.05) is 27.7 Å². The highest BCUT2D eigenvalue weighted by Gasteiger charge is 2.09. The lowest BCUT2D eigenvalue weighted by Gasteiger charge is -2.07. The van der Waals surface area contributed by atoms with Crippen LogP contribution in [0.2, 0.25) is 0 Å². The first-order valence-corrected chi connectivity index (χ1v) is 5.48. The third-order valence-corrected chi connectivity index (χ3v) is 1.90. The SMILES string of the molecule is CC.CC.c1nc2c([nH]1)CCCC2. The van der Waals surface area contributed by atoms with Gasteiger partial charge in [-0.05, 0) is 25.7 Å². The van der Waals surface area contributed by atoms with Crippen molar-refractivity contribution in [1.82, 2.24) is 9.97 Å². The summed E-state index contributed by atoms with van der Waals surface area (Å²) in [5, 5.41) is 0. The number of nitrogens with one attached hydrogen (secondary N) is 1. The monoisotopic (exact) mass is 182 g/mol. The molecule has 13 heavy (non-hydrogen) atoms. The highest BCUT2D eigenvalue weighted by atomic mass is 14.9. The van der Waals surface area contributed by atoms with E-state index < -0.39 is 0 Å². The quantitative estimate of drug-likeness (QED) is 0.655. The lowest BCUT2D eigenvalue weighted by atomic mass is 10.0. The van der Waals surface area contributed by atoms with Gasteiger partial charge in [0.25, 0.3) is 0 Å². The molecule has 1 aliphatic rings. The van der Waals surface area contributed by atoms with E-state index in [0.717, 1.165) is 0 Å². The van der Waals surface area contributed by atoms with E-state index in [1.165, 1.54) is 37.1 Å². The molecule has 1 aromatic heterocycles. The Morgan fingerprint density at radius 3 is 2.31 bits per heavy atom. The molecule has 0 saturated heterocycles. The zero-order chi connectivity index (χ0) is 10.1. The molecule has 2 rings (SSSR count). The standard InChI is InChI=1S/C7H10N2.2C2H6/c1-2-4-7-6(3-1)8-5-9-7;2*1-2/h5H,1-4H2,(H,8,9);2*1-2H3. The van der Waals surface area contributed by atoms with Crippen LogP contribution in [0.1, 0.15) is 51.9 Å². The summed E-state index contributed by atoms with van der Waals surface area (Å²) in [6.07, 6.45) is 6.83. The molecule has 1 aliphatic carbocycles. The molecule has 1 aromatic rings. The third kappa shape index (κ3) is 3.62. The van der Waals surface area contributed by atoms with Crippen LogP contribution in [0.5, 0.6) is 0 Å². The minimum absolute atomic E-state index is 1.18. The number of aromatic amines is 1. The molecule has 1 N–H and O–H groups in total. The molecule has 0 aromatic carbocycles. The first-order chi connectivity index (χ1) is 6.47. The van der Waals surface area contributed by atoms with Gasteiger partial charge in [0.15, 0.2) is 0 Å². The Morgan fingerprint density at radius 2 is 1.69 bits per heavy atom. The number of aromatic nitrogens is 2. The Balaban J connectivity index is 0.000000322. The van der Waals surface area contributed by atoms with Crippen LogP contribution in [0.25, 0.3) is 0 Å². The number of aryl methyl sites for hydroxylation is 2. The van der Waals surface area contributed by atoms with Crippen molar-refractivity contribution in [3.8, 4) is 0 Å². The van der Waals surface area contributed by atoms with Crippen LogP contribution in [0.15, 0.2) is 6.33 Å². The predicted octanol–water partition coefficient (Wildman–Crippen LogP) is 3.34. The maximum atomic E-state index is 4.20. The first-order valence-electron chi connectivity index (χ1n) is 5.48. The summed E-state index contributed by atoms with van der Waals surface area (Å²) in [7, 11) is 0. The Kier molecular flexibility index (Phi) is 7.36. The minimum Gasteiger partial charge on any atom is -0.348 e. The first kappa shape index (κ1) is 12.2. The molecular formula is C11H22N2. The van der Waals surface area contributed by atoms with Crippen molar-refractivity contribution < 1.29 is 0 Å². The normalized spacial score (nSPS) is 12.9.